The summed E-state index contributed by atoms with van der Waals surface area (Å²) in [6.45, 7) is 13.4. The standard InChI is InChI=1S/C15H30N2O2/c1-5-15(6-2,13-18)12-17-9-7-16(8-10-17)11-14(3,4)19/h13,19H,5-12H2,1-4H3. The maximum atomic E-state index is 11.3. The summed E-state index contributed by atoms with van der Waals surface area (Å²) < 4.78 is 0. The minimum atomic E-state index is -0.623. The van der Waals surface area contributed by atoms with Gasteiger partial charge in [-0.15, -0.1) is 0 Å². The molecule has 0 saturated carbocycles. The van der Waals surface area contributed by atoms with Crippen LogP contribution in [0, 0.1) is 5.41 Å². The molecule has 0 aromatic carbocycles. The lowest BCUT2D eigenvalue weighted by molar-refractivity contribution is -0.118. The van der Waals surface area contributed by atoms with Gasteiger partial charge in [0.15, 0.2) is 0 Å². The van der Waals surface area contributed by atoms with Crippen LogP contribution >= 0.6 is 0 Å². The highest BCUT2D eigenvalue weighted by Crippen LogP contribution is 2.25. The van der Waals surface area contributed by atoms with Crippen molar-refractivity contribution in [1.29, 1.82) is 0 Å². The number of aliphatic hydroxyl groups is 1. The fourth-order valence-corrected chi connectivity index (χ4v) is 2.78. The fraction of sp³-hybridized carbons (Fsp3) is 0.933. The van der Waals surface area contributed by atoms with E-state index in [1.807, 2.05) is 13.8 Å². The van der Waals surface area contributed by atoms with Gasteiger partial charge in [0.2, 0.25) is 0 Å². The van der Waals surface area contributed by atoms with Gasteiger partial charge in [-0.1, -0.05) is 13.8 Å². The summed E-state index contributed by atoms with van der Waals surface area (Å²) in [7, 11) is 0. The third-order valence-electron chi connectivity index (χ3n) is 4.27. The molecular weight excluding hydrogens is 240 g/mol. The number of rotatable bonds is 7. The van der Waals surface area contributed by atoms with E-state index >= 15 is 0 Å². The second-order valence-electron chi connectivity index (χ2n) is 6.55. The van der Waals surface area contributed by atoms with Gasteiger partial charge in [0, 0.05) is 44.7 Å². The van der Waals surface area contributed by atoms with Crippen LogP contribution in [0.1, 0.15) is 40.5 Å². The molecule has 0 amide bonds. The normalized spacial score (nSPS) is 19.6. The van der Waals surface area contributed by atoms with Crippen molar-refractivity contribution in [1.82, 2.24) is 9.80 Å². The molecule has 0 aromatic rings. The Balaban J connectivity index is 2.44. The molecule has 1 fully saturated rings. The molecule has 0 aromatic heterocycles. The fourth-order valence-electron chi connectivity index (χ4n) is 2.78. The Labute approximate surface area is 117 Å². The summed E-state index contributed by atoms with van der Waals surface area (Å²) in [5, 5.41) is 9.83. The van der Waals surface area contributed by atoms with E-state index in [4.69, 9.17) is 0 Å². The Bertz CT molecular complexity index is 274. The lowest BCUT2D eigenvalue weighted by Crippen LogP contribution is -2.52. The van der Waals surface area contributed by atoms with E-state index < -0.39 is 5.60 Å². The Hall–Kier alpha value is -0.450. The van der Waals surface area contributed by atoms with Crippen LogP contribution in [-0.4, -0.2) is 66.1 Å². The molecule has 1 heterocycles. The molecular formula is C15H30N2O2. The smallest absolute Gasteiger partial charge is 0.127 e. The van der Waals surface area contributed by atoms with Crippen LogP contribution in [0.15, 0.2) is 0 Å². The van der Waals surface area contributed by atoms with E-state index in [0.717, 1.165) is 58.4 Å². The molecule has 0 unspecified atom stereocenters. The number of hydrogen-bond donors (Lipinski definition) is 1. The van der Waals surface area contributed by atoms with Crippen molar-refractivity contribution in [3.63, 3.8) is 0 Å². The van der Waals surface area contributed by atoms with Gasteiger partial charge in [-0.2, -0.15) is 0 Å². The summed E-state index contributed by atoms with van der Waals surface area (Å²) in [6.07, 6.45) is 2.98. The van der Waals surface area contributed by atoms with Gasteiger partial charge in [0.05, 0.1) is 5.60 Å². The molecule has 0 spiro atoms. The van der Waals surface area contributed by atoms with Crippen molar-refractivity contribution in [3.8, 4) is 0 Å². The van der Waals surface area contributed by atoms with E-state index in [2.05, 4.69) is 23.6 Å². The van der Waals surface area contributed by atoms with Crippen molar-refractivity contribution in [2.24, 2.45) is 5.41 Å². The van der Waals surface area contributed by atoms with Gasteiger partial charge in [-0.25, -0.2) is 0 Å². The molecule has 112 valence electrons. The van der Waals surface area contributed by atoms with Gasteiger partial charge < -0.3 is 9.90 Å². The van der Waals surface area contributed by atoms with Crippen molar-refractivity contribution in [3.05, 3.63) is 0 Å². The largest absolute Gasteiger partial charge is 0.389 e. The quantitative estimate of drug-likeness (QED) is 0.710. The van der Waals surface area contributed by atoms with Crippen LogP contribution < -0.4 is 0 Å². The zero-order chi connectivity index (χ0) is 14.5. The first kappa shape index (κ1) is 16.6. The van der Waals surface area contributed by atoms with Crippen molar-refractivity contribution < 1.29 is 9.90 Å². The predicted molar refractivity (Wildman–Crippen MR) is 78.3 cm³/mol. The van der Waals surface area contributed by atoms with Crippen molar-refractivity contribution in [2.45, 2.75) is 46.1 Å². The lowest BCUT2D eigenvalue weighted by atomic mass is 9.83. The number of carbonyl (C=O) groups is 1. The number of piperazine rings is 1. The molecule has 1 aliphatic heterocycles. The Morgan fingerprint density at radius 1 is 1.00 bits per heavy atom. The van der Waals surface area contributed by atoms with E-state index in [1.54, 1.807) is 0 Å². The summed E-state index contributed by atoms with van der Waals surface area (Å²) in [5.74, 6) is 0. The molecule has 0 bridgehead atoms. The molecule has 1 N–H and O–H groups in total. The molecule has 1 rings (SSSR count). The second kappa shape index (κ2) is 6.82. The van der Waals surface area contributed by atoms with Gasteiger partial charge >= 0.3 is 0 Å². The van der Waals surface area contributed by atoms with Gasteiger partial charge in [0.1, 0.15) is 6.29 Å². The lowest BCUT2D eigenvalue weighted by Gasteiger charge is -2.40. The number of hydrogen-bond acceptors (Lipinski definition) is 4. The molecule has 19 heavy (non-hydrogen) atoms. The van der Waals surface area contributed by atoms with Gasteiger partial charge in [-0.3, -0.25) is 9.80 Å². The SMILES string of the molecule is CCC(C=O)(CC)CN1CCN(CC(C)(C)O)CC1. The van der Waals surface area contributed by atoms with Gasteiger partial charge in [0.25, 0.3) is 0 Å². The topological polar surface area (TPSA) is 43.8 Å². The summed E-state index contributed by atoms with van der Waals surface area (Å²) in [6, 6.07) is 0. The summed E-state index contributed by atoms with van der Waals surface area (Å²) >= 11 is 0. The zero-order valence-corrected chi connectivity index (χ0v) is 13.0. The van der Waals surface area contributed by atoms with E-state index in [1.165, 1.54) is 0 Å². The monoisotopic (exact) mass is 270 g/mol. The number of aldehydes is 1. The predicted octanol–water partition coefficient (Wildman–Crippen LogP) is 1.38. The maximum absolute atomic E-state index is 11.3. The summed E-state index contributed by atoms with van der Waals surface area (Å²) in [5.41, 5.74) is -0.792. The van der Waals surface area contributed by atoms with Crippen molar-refractivity contribution >= 4 is 6.29 Å². The van der Waals surface area contributed by atoms with Crippen LogP contribution in [0.4, 0.5) is 0 Å². The van der Waals surface area contributed by atoms with Crippen LogP contribution in [0.5, 0.6) is 0 Å². The minimum Gasteiger partial charge on any atom is -0.389 e. The third-order valence-corrected chi connectivity index (χ3v) is 4.27. The van der Waals surface area contributed by atoms with E-state index in [9.17, 15) is 9.90 Å². The Morgan fingerprint density at radius 2 is 1.42 bits per heavy atom. The highest BCUT2D eigenvalue weighted by Gasteiger charge is 2.30. The van der Waals surface area contributed by atoms with E-state index in [-0.39, 0.29) is 5.41 Å². The Kier molecular flexibility index (Phi) is 5.96. The Morgan fingerprint density at radius 3 is 1.74 bits per heavy atom. The summed E-state index contributed by atoms with van der Waals surface area (Å²) in [4.78, 5) is 16.0. The van der Waals surface area contributed by atoms with Crippen LogP contribution in [0.25, 0.3) is 0 Å². The van der Waals surface area contributed by atoms with Crippen LogP contribution in [0.2, 0.25) is 0 Å². The van der Waals surface area contributed by atoms with Crippen LogP contribution in [0.3, 0.4) is 0 Å². The first-order valence-electron chi connectivity index (χ1n) is 7.47. The zero-order valence-electron chi connectivity index (χ0n) is 13.0. The first-order chi connectivity index (χ1) is 8.84. The maximum Gasteiger partial charge on any atom is 0.127 e. The molecule has 4 heteroatoms. The third kappa shape index (κ3) is 5.21. The average molecular weight is 270 g/mol. The second-order valence-corrected chi connectivity index (χ2v) is 6.55. The van der Waals surface area contributed by atoms with Crippen LogP contribution in [-0.2, 0) is 4.79 Å². The number of carbonyl (C=O) groups excluding carboxylic acids is 1. The molecule has 0 atom stereocenters. The number of β-amino-alcohol motifs (C(OH)–C–C–N with tert-alkyl or cyclic N) is 1. The molecule has 1 saturated heterocycles. The average Bonchev–Trinajstić information content (AvgIpc) is 2.37. The highest BCUT2D eigenvalue weighted by molar-refractivity contribution is 5.59. The molecule has 0 radical (unpaired) electrons. The minimum absolute atomic E-state index is 0.168. The molecule has 0 aliphatic carbocycles. The molecule has 4 nitrogen and oxygen atoms in total. The highest BCUT2D eigenvalue weighted by atomic mass is 16.3. The van der Waals surface area contributed by atoms with E-state index in [0.29, 0.717) is 0 Å². The molecule has 1 aliphatic rings. The van der Waals surface area contributed by atoms with Gasteiger partial charge in [-0.05, 0) is 26.7 Å². The van der Waals surface area contributed by atoms with Crippen molar-refractivity contribution in [2.75, 3.05) is 39.3 Å². The number of nitrogens with zero attached hydrogens (tertiary/aromatic N) is 2. The first-order valence-corrected chi connectivity index (χ1v) is 7.47.